The van der Waals surface area contributed by atoms with E-state index in [9.17, 15) is 9.59 Å². The van der Waals surface area contributed by atoms with E-state index in [4.69, 9.17) is 4.74 Å². The molecule has 0 unspecified atom stereocenters. The highest BCUT2D eigenvalue weighted by Gasteiger charge is 2.39. The van der Waals surface area contributed by atoms with Crippen molar-refractivity contribution in [1.82, 2.24) is 4.90 Å². The zero-order valence-electron chi connectivity index (χ0n) is 17.6. The number of hydrogen-bond donors (Lipinski definition) is 1. The van der Waals surface area contributed by atoms with Gasteiger partial charge in [0.25, 0.3) is 11.8 Å². The molecule has 0 aliphatic carbocycles. The molecule has 0 atom stereocenters. The van der Waals surface area contributed by atoms with Crippen LogP contribution in [0.4, 0.5) is 5.69 Å². The molecule has 1 aromatic heterocycles. The fraction of sp³-hybridized carbons (Fsp3) is 0.391. The number of carbonyl (C=O) groups excluding carboxylic acids is 2. The minimum Gasteiger partial charge on any atom is -0.377 e. The van der Waals surface area contributed by atoms with Gasteiger partial charge in [0.15, 0.2) is 0 Å². The van der Waals surface area contributed by atoms with Crippen molar-refractivity contribution in [2.45, 2.75) is 46.1 Å². The summed E-state index contributed by atoms with van der Waals surface area (Å²) < 4.78 is 5.54. The number of nitrogens with one attached hydrogen (secondary N) is 1. The number of rotatable bonds is 7. The number of nitrogens with zero attached hydrogens (tertiary/aromatic N) is 1. The molecule has 5 nitrogen and oxygen atoms in total. The van der Waals surface area contributed by atoms with E-state index in [-0.39, 0.29) is 29.9 Å². The Kier molecular flexibility index (Phi) is 6.24. The van der Waals surface area contributed by atoms with Gasteiger partial charge in [0.05, 0.1) is 24.8 Å². The molecule has 0 radical (unpaired) electrons. The lowest BCUT2D eigenvalue weighted by atomic mass is 9.87. The highest BCUT2D eigenvalue weighted by Crippen LogP contribution is 2.33. The third-order valence-electron chi connectivity index (χ3n) is 4.72. The maximum absolute atomic E-state index is 13.1. The zero-order chi connectivity index (χ0) is 21.2. The first-order valence-corrected chi connectivity index (χ1v) is 10.7. The normalized spacial score (nSPS) is 15.0. The van der Waals surface area contributed by atoms with Crippen LogP contribution in [0.2, 0.25) is 0 Å². The number of amides is 2. The Morgan fingerprint density at radius 1 is 1.07 bits per heavy atom. The first-order chi connectivity index (χ1) is 13.7. The van der Waals surface area contributed by atoms with Crippen LogP contribution in [-0.2, 0) is 19.7 Å². The van der Waals surface area contributed by atoms with Gasteiger partial charge < -0.3 is 10.1 Å². The molecule has 2 amide bonds. The van der Waals surface area contributed by atoms with Crippen LogP contribution in [-0.4, -0.2) is 36.0 Å². The molecule has 3 rings (SSSR count). The Labute approximate surface area is 176 Å². The highest BCUT2D eigenvalue weighted by atomic mass is 32.1. The van der Waals surface area contributed by atoms with Crippen LogP contribution < -0.4 is 5.32 Å². The molecule has 0 saturated carbocycles. The van der Waals surface area contributed by atoms with E-state index in [2.05, 4.69) is 26.1 Å². The van der Waals surface area contributed by atoms with Crippen molar-refractivity contribution in [2.75, 3.05) is 18.5 Å². The van der Waals surface area contributed by atoms with Crippen molar-refractivity contribution in [3.05, 3.63) is 57.9 Å². The smallest absolute Gasteiger partial charge is 0.278 e. The number of hydrogen-bond acceptors (Lipinski definition) is 5. The second kappa shape index (κ2) is 8.51. The van der Waals surface area contributed by atoms with Crippen LogP contribution in [0.3, 0.4) is 0 Å². The van der Waals surface area contributed by atoms with Crippen LogP contribution in [0.15, 0.2) is 47.5 Å². The lowest BCUT2D eigenvalue weighted by Gasteiger charge is -2.19. The second-order valence-electron chi connectivity index (χ2n) is 8.36. The topological polar surface area (TPSA) is 58.6 Å². The number of thiophene rings is 1. The Bertz CT molecular complexity index is 907. The van der Waals surface area contributed by atoms with Gasteiger partial charge in [-0.25, -0.2) is 0 Å². The van der Waals surface area contributed by atoms with Crippen LogP contribution >= 0.6 is 11.3 Å². The number of ether oxygens (including phenoxy) is 1. The maximum Gasteiger partial charge on any atom is 0.278 e. The molecule has 0 fully saturated rings. The first kappa shape index (κ1) is 21.3. The van der Waals surface area contributed by atoms with Gasteiger partial charge >= 0.3 is 0 Å². The molecule has 2 aromatic rings. The quantitative estimate of drug-likeness (QED) is 0.672. The molecule has 0 spiro atoms. The van der Waals surface area contributed by atoms with Gasteiger partial charge in [0, 0.05) is 10.6 Å². The van der Waals surface area contributed by atoms with Crippen LogP contribution in [0.5, 0.6) is 0 Å². The van der Waals surface area contributed by atoms with Crippen molar-refractivity contribution < 1.29 is 14.3 Å². The van der Waals surface area contributed by atoms with Crippen molar-refractivity contribution in [1.29, 1.82) is 0 Å². The summed E-state index contributed by atoms with van der Waals surface area (Å²) in [7, 11) is 0. The average molecular weight is 413 g/mol. The number of anilines is 1. The molecular weight excluding hydrogens is 384 g/mol. The van der Waals surface area contributed by atoms with E-state index >= 15 is 0 Å². The molecule has 1 aliphatic heterocycles. The van der Waals surface area contributed by atoms with Crippen molar-refractivity contribution >= 4 is 34.4 Å². The van der Waals surface area contributed by atoms with Gasteiger partial charge in [-0.1, -0.05) is 39.0 Å². The summed E-state index contributed by atoms with van der Waals surface area (Å²) in [5.74, 6) is -0.593. The van der Waals surface area contributed by atoms with E-state index < -0.39 is 0 Å². The number of imide groups is 1. The van der Waals surface area contributed by atoms with Gasteiger partial charge in [-0.3, -0.25) is 14.5 Å². The van der Waals surface area contributed by atoms with E-state index in [0.29, 0.717) is 17.9 Å². The molecule has 0 saturated heterocycles. The minimum absolute atomic E-state index is 0.0476. The van der Waals surface area contributed by atoms with E-state index in [0.717, 1.165) is 10.6 Å². The fourth-order valence-corrected chi connectivity index (χ4v) is 3.89. The van der Waals surface area contributed by atoms with E-state index in [1.807, 2.05) is 55.6 Å². The first-order valence-electron chi connectivity index (χ1n) is 9.82. The molecule has 1 aliphatic rings. The maximum atomic E-state index is 13.1. The Morgan fingerprint density at radius 2 is 1.76 bits per heavy atom. The summed E-state index contributed by atoms with van der Waals surface area (Å²) in [5, 5.41) is 5.10. The molecular formula is C23H28N2O3S. The van der Waals surface area contributed by atoms with Crippen molar-refractivity contribution in [2.24, 2.45) is 0 Å². The fourth-order valence-electron chi connectivity index (χ4n) is 3.12. The third kappa shape index (κ3) is 4.77. The van der Waals surface area contributed by atoms with Gasteiger partial charge in [-0.05, 0) is 48.4 Å². The summed E-state index contributed by atoms with van der Waals surface area (Å²) in [4.78, 5) is 28.1. The molecule has 154 valence electrons. The molecule has 6 heteroatoms. The summed E-state index contributed by atoms with van der Waals surface area (Å²) >= 11 is 1.45. The summed E-state index contributed by atoms with van der Waals surface area (Å²) in [6.45, 7) is 10.9. The number of carbonyl (C=O) groups is 2. The monoisotopic (exact) mass is 412 g/mol. The van der Waals surface area contributed by atoms with Gasteiger partial charge in [0.1, 0.15) is 5.70 Å². The summed E-state index contributed by atoms with van der Waals surface area (Å²) in [6.07, 6.45) is 0.0476. The standard InChI is InChI=1S/C23H28N2O3S/c1-15(2)28-13-12-25-21(26)19(18-7-6-14-29-18)20(22(25)27)24-17-10-8-16(9-11-17)23(3,4)5/h6-11,14-15,24H,12-13H2,1-5H3. The van der Waals surface area contributed by atoms with Gasteiger partial charge in [-0.15, -0.1) is 11.3 Å². The van der Waals surface area contributed by atoms with Crippen LogP contribution in [0.1, 0.15) is 45.1 Å². The predicted octanol–water partition coefficient (Wildman–Crippen LogP) is 4.66. The average Bonchev–Trinajstić information content (AvgIpc) is 3.24. The lowest BCUT2D eigenvalue weighted by molar-refractivity contribution is -0.137. The second-order valence-corrected chi connectivity index (χ2v) is 9.31. The predicted molar refractivity (Wildman–Crippen MR) is 118 cm³/mol. The zero-order valence-corrected chi connectivity index (χ0v) is 18.4. The Morgan fingerprint density at radius 3 is 2.31 bits per heavy atom. The van der Waals surface area contributed by atoms with Gasteiger partial charge in [-0.2, -0.15) is 0 Å². The molecule has 2 heterocycles. The molecule has 1 aromatic carbocycles. The largest absolute Gasteiger partial charge is 0.377 e. The minimum atomic E-state index is -0.314. The van der Waals surface area contributed by atoms with Crippen LogP contribution in [0.25, 0.3) is 5.57 Å². The Hall–Kier alpha value is -2.44. The molecule has 29 heavy (non-hydrogen) atoms. The van der Waals surface area contributed by atoms with Crippen molar-refractivity contribution in [3.63, 3.8) is 0 Å². The van der Waals surface area contributed by atoms with Crippen LogP contribution in [0, 0.1) is 0 Å². The van der Waals surface area contributed by atoms with Gasteiger partial charge in [0.2, 0.25) is 0 Å². The lowest BCUT2D eigenvalue weighted by Crippen LogP contribution is -2.35. The summed E-state index contributed by atoms with van der Waals surface area (Å²) in [6, 6.07) is 11.7. The highest BCUT2D eigenvalue weighted by molar-refractivity contribution is 7.11. The molecule has 0 bridgehead atoms. The SMILES string of the molecule is CC(C)OCCN1C(=O)C(Nc2ccc(C(C)(C)C)cc2)=C(c2cccs2)C1=O. The number of benzene rings is 1. The van der Waals surface area contributed by atoms with Crippen molar-refractivity contribution in [3.8, 4) is 0 Å². The van der Waals surface area contributed by atoms with E-state index in [1.165, 1.54) is 21.8 Å². The summed E-state index contributed by atoms with van der Waals surface area (Å²) in [5.41, 5.74) is 2.78. The molecule has 1 N–H and O–H groups in total. The van der Waals surface area contributed by atoms with E-state index in [1.54, 1.807) is 0 Å². The Balaban J connectivity index is 1.88. The third-order valence-corrected chi connectivity index (χ3v) is 5.61.